The number of aliphatic hydroxyl groups excluding tert-OH is 1. The molecule has 4 heteroatoms. The maximum absolute atomic E-state index is 11.5. The molecule has 1 unspecified atom stereocenters. The lowest BCUT2D eigenvalue weighted by Gasteiger charge is -2.11. The van der Waals surface area contributed by atoms with Crippen LogP contribution in [-0.2, 0) is 16.0 Å². The molecule has 1 aromatic carbocycles. The topological polar surface area (TPSA) is 59.4 Å². The molecule has 0 saturated carbocycles. The van der Waals surface area contributed by atoms with Crippen molar-refractivity contribution in [3.63, 3.8) is 0 Å². The van der Waals surface area contributed by atoms with Crippen LogP contribution in [0.15, 0.2) is 54.9 Å². The SMILES string of the molecule is CCOC(=O)C=C(C)c1ccc(CC(O)c2cccnc2)cc1. The summed E-state index contributed by atoms with van der Waals surface area (Å²) in [6.07, 6.45) is 4.79. The Morgan fingerprint density at radius 1 is 1.30 bits per heavy atom. The van der Waals surface area contributed by atoms with Gasteiger partial charge < -0.3 is 9.84 Å². The van der Waals surface area contributed by atoms with Gasteiger partial charge in [0.25, 0.3) is 0 Å². The highest BCUT2D eigenvalue weighted by Crippen LogP contribution is 2.20. The summed E-state index contributed by atoms with van der Waals surface area (Å²) in [6, 6.07) is 11.5. The Morgan fingerprint density at radius 2 is 2.04 bits per heavy atom. The second-order valence-corrected chi connectivity index (χ2v) is 5.28. The van der Waals surface area contributed by atoms with Crippen molar-refractivity contribution in [2.45, 2.75) is 26.4 Å². The number of carbonyl (C=O) groups is 1. The average molecular weight is 311 g/mol. The number of ether oxygens (including phenoxy) is 1. The van der Waals surface area contributed by atoms with Crippen molar-refractivity contribution in [3.05, 3.63) is 71.6 Å². The van der Waals surface area contributed by atoms with E-state index in [2.05, 4.69) is 4.98 Å². The standard InChI is InChI=1S/C19H21NO3/c1-3-23-19(22)11-14(2)16-8-6-15(7-9-16)12-18(21)17-5-4-10-20-13-17/h4-11,13,18,21H,3,12H2,1-2H3. The molecule has 0 saturated heterocycles. The highest BCUT2D eigenvalue weighted by Gasteiger charge is 2.09. The molecular weight excluding hydrogens is 290 g/mol. The van der Waals surface area contributed by atoms with Crippen molar-refractivity contribution < 1.29 is 14.6 Å². The summed E-state index contributed by atoms with van der Waals surface area (Å²) in [5.41, 5.74) is 3.63. The van der Waals surface area contributed by atoms with Crippen LogP contribution in [0, 0.1) is 0 Å². The normalized spacial score (nSPS) is 12.7. The fourth-order valence-corrected chi connectivity index (χ4v) is 2.26. The van der Waals surface area contributed by atoms with Crippen LogP contribution in [0.25, 0.3) is 5.57 Å². The Kier molecular flexibility index (Phi) is 6.06. The molecule has 0 aliphatic rings. The number of benzene rings is 1. The molecule has 2 rings (SSSR count). The van der Waals surface area contributed by atoms with Gasteiger partial charge in [0.15, 0.2) is 0 Å². The number of pyridine rings is 1. The molecule has 0 fully saturated rings. The minimum atomic E-state index is -0.578. The van der Waals surface area contributed by atoms with Crippen LogP contribution in [0.2, 0.25) is 0 Å². The molecule has 2 aromatic rings. The third-order valence-corrected chi connectivity index (χ3v) is 3.53. The van der Waals surface area contributed by atoms with E-state index < -0.39 is 6.10 Å². The number of aliphatic hydroxyl groups is 1. The zero-order chi connectivity index (χ0) is 16.7. The highest BCUT2D eigenvalue weighted by molar-refractivity contribution is 5.90. The first-order chi connectivity index (χ1) is 11.1. The maximum atomic E-state index is 11.5. The van der Waals surface area contributed by atoms with Gasteiger partial charge in [0.05, 0.1) is 12.7 Å². The number of allylic oxidation sites excluding steroid dienone is 1. The van der Waals surface area contributed by atoms with Gasteiger partial charge in [-0.15, -0.1) is 0 Å². The first kappa shape index (κ1) is 16.9. The van der Waals surface area contributed by atoms with E-state index in [4.69, 9.17) is 4.74 Å². The maximum Gasteiger partial charge on any atom is 0.331 e. The molecule has 120 valence electrons. The van der Waals surface area contributed by atoms with Gasteiger partial charge >= 0.3 is 5.97 Å². The molecular formula is C19H21NO3. The van der Waals surface area contributed by atoms with Crippen molar-refractivity contribution in [1.82, 2.24) is 4.98 Å². The van der Waals surface area contributed by atoms with E-state index in [1.54, 1.807) is 19.3 Å². The average Bonchev–Trinajstić information content (AvgIpc) is 2.56. The zero-order valence-electron chi connectivity index (χ0n) is 13.4. The molecule has 1 N–H and O–H groups in total. The zero-order valence-corrected chi connectivity index (χ0v) is 13.4. The molecule has 0 aliphatic heterocycles. The van der Waals surface area contributed by atoms with Crippen LogP contribution < -0.4 is 0 Å². The van der Waals surface area contributed by atoms with Gasteiger partial charge in [-0.2, -0.15) is 0 Å². The van der Waals surface area contributed by atoms with E-state index in [1.165, 1.54) is 6.08 Å². The van der Waals surface area contributed by atoms with Crippen LogP contribution in [0.5, 0.6) is 0 Å². The molecule has 1 heterocycles. The number of hydrogen-bond donors (Lipinski definition) is 1. The van der Waals surface area contributed by atoms with Crippen LogP contribution in [0.1, 0.15) is 36.6 Å². The van der Waals surface area contributed by atoms with Crippen LogP contribution in [-0.4, -0.2) is 22.7 Å². The Hall–Kier alpha value is -2.46. The highest BCUT2D eigenvalue weighted by atomic mass is 16.5. The van der Waals surface area contributed by atoms with E-state index in [0.717, 1.165) is 22.3 Å². The monoisotopic (exact) mass is 311 g/mol. The van der Waals surface area contributed by atoms with Crippen LogP contribution in [0.4, 0.5) is 0 Å². The summed E-state index contributed by atoms with van der Waals surface area (Å²) >= 11 is 0. The van der Waals surface area contributed by atoms with E-state index in [-0.39, 0.29) is 5.97 Å². The Labute approximate surface area is 136 Å². The molecule has 4 nitrogen and oxygen atoms in total. The fraction of sp³-hybridized carbons (Fsp3) is 0.263. The molecule has 0 aliphatic carbocycles. The summed E-state index contributed by atoms with van der Waals surface area (Å²) in [7, 11) is 0. The van der Waals surface area contributed by atoms with Crippen molar-refractivity contribution >= 4 is 11.5 Å². The predicted octanol–water partition coefficient (Wildman–Crippen LogP) is 3.32. The Morgan fingerprint density at radius 3 is 2.65 bits per heavy atom. The van der Waals surface area contributed by atoms with Gasteiger partial charge in [-0.1, -0.05) is 30.3 Å². The van der Waals surface area contributed by atoms with Gasteiger partial charge in [-0.3, -0.25) is 4.98 Å². The van der Waals surface area contributed by atoms with Crippen LogP contribution >= 0.6 is 0 Å². The first-order valence-corrected chi connectivity index (χ1v) is 7.62. The smallest absolute Gasteiger partial charge is 0.331 e. The molecule has 23 heavy (non-hydrogen) atoms. The Balaban J connectivity index is 2.03. The van der Waals surface area contributed by atoms with Gasteiger partial charge in [-0.25, -0.2) is 4.79 Å². The number of carbonyl (C=O) groups excluding carboxylic acids is 1. The van der Waals surface area contributed by atoms with Gasteiger partial charge in [0.2, 0.25) is 0 Å². The number of esters is 1. The lowest BCUT2D eigenvalue weighted by atomic mass is 10.00. The predicted molar refractivity (Wildman–Crippen MR) is 89.6 cm³/mol. The summed E-state index contributed by atoms with van der Waals surface area (Å²) in [5, 5.41) is 10.2. The molecule has 0 amide bonds. The summed E-state index contributed by atoms with van der Waals surface area (Å²) < 4.78 is 4.91. The molecule has 0 spiro atoms. The summed E-state index contributed by atoms with van der Waals surface area (Å²) in [6.45, 7) is 4.02. The molecule has 0 radical (unpaired) electrons. The van der Waals surface area contributed by atoms with E-state index in [1.807, 2.05) is 43.3 Å². The van der Waals surface area contributed by atoms with E-state index in [9.17, 15) is 9.90 Å². The Bertz CT molecular complexity index is 663. The van der Waals surface area contributed by atoms with Gasteiger partial charge in [-0.05, 0) is 42.2 Å². The fourth-order valence-electron chi connectivity index (χ4n) is 2.26. The number of nitrogens with zero attached hydrogens (tertiary/aromatic N) is 1. The molecule has 1 atom stereocenters. The molecule has 1 aromatic heterocycles. The van der Waals surface area contributed by atoms with E-state index in [0.29, 0.717) is 13.0 Å². The third-order valence-electron chi connectivity index (χ3n) is 3.53. The minimum absolute atomic E-state index is 0.332. The van der Waals surface area contributed by atoms with E-state index >= 15 is 0 Å². The quantitative estimate of drug-likeness (QED) is 0.657. The molecule has 0 bridgehead atoms. The second-order valence-electron chi connectivity index (χ2n) is 5.28. The summed E-state index contributed by atoms with van der Waals surface area (Å²) in [4.78, 5) is 15.5. The van der Waals surface area contributed by atoms with Crippen molar-refractivity contribution in [1.29, 1.82) is 0 Å². The number of rotatable bonds is 6. The third kappa shape index (κ3) is 5.04. The van der Waals surface area contributed by atoms with Crippen molar-refractivity contribution in [2.75, 3.05) is 6.61 Å². The minimum Gasteiger partial charge on any atom is -0.463 e. The number of hydrogen-bond acceptors (Lipinski definition) is 4. The van der Waals surface area contributed by atoms with Crippen molar-refractivity contribution in [3.8, 4) is 0 Å². The lowest BCUT2D eigenvalue weighted by molar-refractivity contribution is -0.137. The second kappa shape index (κ2) is 8.25. The number of aromatic nitrogens is 1. The summed E-state index contributed by atoms with van der Waals surface area (Å²) in [5.74, 6) is -0.332. The van der Waals surface area contributed by atoms with Crippen LogP contribution in [0.3, 0.4) is 0 Å². The van der Waals surface area contributed by atoms with Gasteiger partial charge in [0.1, 0.15) is 0 Å². The van der Waals surface area contributed by atoms with Crippen molar-refractivity contribution in [2.24, 2.45) is 0 Å². The lowest BCUT2D eigenvalue weighted by Crippen LogP contribution is -2.02. The first-order valence-electron chi connectivity index (χ1n) is 7.62. The largest absolute Gasteiger partial charge is 0.463 e. The van der Waals surface area contributed by atoms with Gasteiger partial charge in [0, 0.05) is 24.9 Å².